The molecule has 2 saturated carbocycles. The van der Waals surface area contributed by atoms with Gasteiger partial charge >= 0.3 is 0 Å². The van der Waals surface area contributed by atoms with E-state index < -0.39 is 0 Å². The molecule has 0 spiro atoms. The molecule has 0 aliphatic heterocycles. The van der Waals surface area contributed by atoms with Gasteiger partial charge in [0.2, 0.25) is 5.91 Å². The number of nitrogens with two attached hydrogens (primary N) is 1. The molecule has 4 N–H and O–H groups in total. The van der Waals surface area contributed by atoms with Crippen molar-refractivity contribution in [1.82, 2.24) is 5.32 Å². The fraction of sp³-hybridized carbons (Fsp3) is 0.900. The molecule has 2 aliphatic rings. The fourth-order valence-corrected chi connectivity index (χ4v) is 3.02. The first kappa shape index (κ1) is 9.93. The summed E-state index contributed by atoms with van der Waals surface area (Å²) in [7, 11) is 0. The summed E-state index contributed by atoms with van der Waals surface area (Å²) in [5.41, 5.74) is 6.01. The number of amides is 1. The Balaban J connectivity index is 1.94. The first-order valence-corrected chi connectivity index (χ1v) is 5.38. The molecule has 1 amide bonds. The number of fused-ring (bicyclic) bond motifs is 2. The number of hydrogen-bond acceptors (Lipinski definition) is 3. The highest BCUT2D eigenvalue weighted by Gasteiger charge is 2.48. The highest BCUT2D eigenvalue weighted by Crippen LogP contribution is 2.47. The molecule has 2 rings (SSSR count). The Morgan fingerprint density at radius 3 is 2.71 bits per heavy atom. The van der Waals surface area contributed by atoms with E-state index in [4.69, 9.17) is 10.8 Å². The largest absolute Gasteiger partial charge is 0.395 e. The normalized spacial score (nSPS) is 40.1. The van der Waals surface area contributed by atoms with Gasteiger partial charge in [-0.3, -0.25) is 4.79 Å². The van der Waals surface area contributed by atoms with Crippen LogP contribution in [0.2, 0.25) is 0 Å². The molecule has 2 bridgehead atoms. The summed E-state index contributed by atoms with van der Waals surface area (Å²) in [5.74, 6) is 1.10. The van der Waals surface area contributed by atoms with Crippen LogP contribution in [0.25, 0.3) is 0 Å². The van der Waals surface area contributed by atoms with Crippen LogP contribution >= 0.6 is 0 Å². The number of hydrogen-bond donors (Lipinski definition) is 3. The van der Waals surface area contributed by atoms with Crippen molar-refractivity contribution in [3.8, 4) is 0 Å². The minimum Gasteiger partial charge on any atom is -0.395 e. The molecule has 0 aromatic heterocycles. The Labute approximate surface area is 83.9 Å². The molecule has 0 saturated heterocycles. The SMILES string of the molecule is NC1C2CCC(C2)C1C(=O)NCCO. The smallest absolute Gasteiger partial charge is 0.225 e. The van der Waals surface area contributed by atoms with Crippen LogP contribution in [0.3, 0.4) is 0 Å². The molecule has 0 aromatic carbocycles. The topological polar surface area (TPSA) is 75.4 Å². The number of aliphatic hydroxyl groups is 1. The molecule has 0 aromatic rings. The Kier molecular flexibility index (Phi) is 2.74. The van der Waals surface area contributed by atoms with Gasteiger partial charge in [-0.1, -0.05) is 0 Å². The molecule has 4 heteroatoms. The third kappa shape index (κ3) is 1.53. The molecule has 2 fully saturated rings. The van der Waals surface area contributed by atoms with Gasteiger partial charge in [0.1, 0.15) is 0 Å². The average molecular weight is 198 g/mol. The quantitative estimate of drug-likeness (QED) is 0.570. The summed E-state index contributed by atoms with van der Waals surface area (Å²) in [6.07, 6.45) is 3.46. The first-order valence-electron chi connectivity index (χ1n) is 5.38. The molecule has 2 aliphatic carbocycles. The van der Waals surface area contributed by atoms with Gasteiger partial charge in [0.25, 0.3) is 0 Å². The molecule has 4 unspecified atom stereocenters. The van der Waals surface area contributed by atoms with Gasteiger partial charge in [-0.25, -0.2) is 0 Å². The van der Waals surface area contributed by atoms with Crippen molar-refractivity contribution in [2.45, 2.75) is 25.3 Å². The monoisotopic (exact) mass is 198 g/mol. The van der Waals surface area contributed by atoms with Gasteiger partial charge in [0.15, 0.2) is 0 Å². The number of rotatable bonds is 3. The van der Waals surface area contributed by atoms with E-state index in [1.165, 1.54) is 6.42 Å². The van der Waals surface area contributed by atoms with Crippen molar-refractivity contribution in [2.24, 2.45) is 23.5 Å². The lowest BCUT2D eigenvalue weighted by Gasteiger charge is -2.26. The molecule has 80 valence electrons. The average Bonchev–Trinajstić information content (AvgIpc) is 2.74. The van der Waals surface area contributed by atoms with Crippen molar-refractivity contribution in [3.05, 3.63) is 0 Å². The van der Waals surface area contributed by atoms with Crippen LogP contribution < -0.4 is 11.1 Å². The van der Waals surface area contributed by atoms with Crippen LogP contribution in [-0.4, -0.2) is 30.2 Å². The summed E-state index contributed by atoms with van der Waals surface area (Å²) < 4.78 is 0. The van der Waals surface area contributed by atoms with Gasteiger partial charge in [0, 0.05) is 12.6 Å². The predicted molar refractivity (Wildman–Crippen MR) is 52.4 cm³/mol. The minimum atomic E-state index is 0.000278. The van der Waals surface area contributed by atoms with Crippen LogP contribution in [0, 0.1) is 17.8 Å². The number of carbonyl (C=O) groups is 1. The van der Waals surface area contributed by atoms with Gasteiger partial charge in [-0.2, -0.15) is 0 Å². The Morgan fingerprint density at radius 2 is 2.14 bits per heavy atom. The second kappa shape index (κ2) is 3.87. The van der Waals surface area contributed by atoms with E-state index in [2.05, 4.69) is 5.32 Å². The van der Waals surface area contributed by atoms with Crippen LogP contribution in [0.1, 0.15) is 19.3 Å². The summed E-state index contributed by atoms with van der Waals surface area (Å²) in [5, 5.41) is 11.3. The van der Waals surface area contributed by atoms with Gasteiger partial charge in [-0.15, -0.1) is 0 Å². The van der Waals surface area contributed by atoms with Crippen molar-refractivity contribution in [1.29, 1.82) is 0 Å². The zero-order chi connectivity index (χ0) is 10.1. The zero-order valence-corrected chi connectivity index (χ0v) is 8.28. The van der Waals surface area contributed by atoms with E-state index in [-0.39, 0.29) is 24.5 Å². The van der Waals surface area contributed by atoms with Gasteiger partial charge in [-0.05, 0) is 31.1 Å². The van der Waals surface area contributed by atoms with Crippen molar-refractivity contribution in [2.75, 3.05) is 13.2 Å². The molecule has 4 nitrogen and oxygen atoms in total. The van der Waals surface area contributed by atoms with E-state index in [1.54, 1.807) is 0 Å². The van der Waals surface area contributed by atoms with Crippen LogP contribution in [-0.2, 0) is 4.79 Å². The summed E-state index contributed by atoms with van der Waals surface area (Å²) >= 11 is 0. The molecule has 14 heavy (non-hydrogen) atoms. The standard InChI is InChI=1S/C10H18N2O2/c11-9-7-2-1-6(5-7)8(9)10(14)12-3-4-13/h6-9,13H,1-5,11H2,(H,12,14). The maximum atomic E-state index is 11.7. The first-order chi connectivity index (χ1) is 6.74. The third-order valence-electron chi connectivity index (χ3n) is 3.69. The number of nitrogens with one attached hydrogen (secondary N) is 1. The maximum absolute atomic E-state index is 11.7. The molecule has 4 atom stereocenters. The third-order valence-corrected chi connectivity index (χ3v) is 3.69. The molecular formula is C10H18N2O2. The lowest BCUT2D eigenvalue weighted by molar-refractivity contribution is -0.127. The van der Waals surface area contributed by atoms with Gasteiger partial charge in [0.05, 0.1) is 12.5 Å². The molecular weight excluding hydrogens is 180 g/mol. The van der Waals surface area contributed by atoms with Crippen molar-refractivity contribution < 1.29 is 9.90 Å². The Bertz CT molecular complexity index is 230. The van der Waals surface area contributed by atoms with E-state index in [1.807, 2.05) is 0 Å². The number of aliphatic hydroxyl groups excluding tert-OH is 1. The lowest BCUT2D eigenvalue weighted by atomic mass is 9.84. The molecule has 0 radical (unpaired) electrons. The van der Waals surface area contributed by atoms with Crippen molar-refractivity contribution in [3.63, 3.8) is 0 Å². The second-order valence-corrected chi connectivity index (χ2v) is 4.45. The van der Waals surface area contributed by atoms with Crippen LogP contribution in [0.5, 0.6) is 0 Å². The summed E-state index contributed by atoms with van der Waals surface area (Å²) in [6.45, 7) is 0.348. The van der Waals surface area contributed by atoms with E-state index >= 15 is 0 Å². The predicted octanol–water partition coefficient (Wildman–Crippen LogP) is -0.532. The summed E-state index contributed by atoms with van der Waals surface area (Å²) in [6, 6.07) is 0.0486. The van der Waals surface area contributed by atoms with E-state index in [9.17, 15) is 4.79 Å². The Morgan fingerprint density at radius 1 is 1.43 bits per heavy atom. The highest BCUT2D eigenvalue weighted by molar-refractivity contribution is 5.80. The zero-order valence-electron chi connectivity index (χ0n) is 8.28. The minimum absolute atomic E-state index is 0.000278. The summed E-state index contributed by atoms with van der Waals surface area (Å²) in [4.78, 5) is 11.7. The lowest BCUT2D eigenvalue weighted by Crippen LogP contribution is -2.45. The molecule has 0 heterocycles. The highest BCUT2D eigenvalue weighted by atomic mass is 16.3. The van der Waals surface area contributed by atoms with Crippen LogP contribution in [0.15, 0.2) is 0 Å². The second-order valence-electron chi connectivity index (χ2n) is 4.45. The van der Waals surface area contributed by atoms with E-state index in [0.717, 1.165) is 12.8 Å². The van der Waals surface area contributed by atoms with Gasteiger partial charge < -0.3 is 16.2 Å². The van der Waals surface area contributed by atoms with Crippen molar-refractivity contribution >= 4 is 5.91 Å². The Hall–Kier alpha value is -0.610. The fourth-order valence-electron chi connectivity index (χ4n) is 3.02. The number of carbonyl (C=O) groups excluding carboxylic acids is 1. The van der Waals surface area contributed by atoms with E-state index in [0.29, 0.717) is 18.4 Å². The maximum Gasteiger partial charge on any atom is 0.225 e. The van der Waals surface area contributed by atoms with Crippen LogP contribution in [0.4, 0.5) is 0 Å².